The van der Waals surface area contributed by atoms with Crippen LogP contribution in [0.3, 0.4) is 0 Å². The molecule has 6 aliphatic carbocycles. The second-order valence-corrected chi connectivity index (χ2v) is 14.1. The summed E-state index contributed by atoms with van der Waals surface area (Å²) in [5, 5.41) is 0. The van der Waals surface area contributed by atoms with Gasteiger partial charge in [0.1, 0.15) is 11.5 Å². The van der Waals surface area contributed by atoms with Crippen LogP contribution in [0.25, 0.3) is 0 Å². The molecule has 0 unspecified atom stereocenters. The molecule has 4 bridgehead atoms. The number of hydrogen-bond acceptors (Lipinski definition) is 2. The Kier molecular flexibility index (Phi) is 5.85. The molecule has 0 N–H and O–H groups in total. The standard InChI is InChI=1S/C26H36I2O2/c1-25(2)17-7-5-15(19(25)9-17)13-29-23-11-22(28)24(12-21(23)27)30-14-16-6-8-18-10-20(16)26(18,3)4/h11-12,15-20H,5-10,13-14H2,1-4H3/t15-,16-,17-,18-,19-,20-/m0/s1. The lowest BCUT2D eigenvalue weighted by Crippen LogP contribution is -2.53. The topological polar surface area (TPSA) is 18.5 Å². The van der Waals surface area contributed by atoms with E-state index in [1.54, 1.807) is 0 Å². The summed E-state index contributed by atoms with van der Waals surface area (Å²) in [5.41, 5.74) is 1.05. The molecule has 0 amide bonds. The first-order valence-corrected chi connectivity index (χ1v) is 14.1. The van der Waals surface area contributed by atoms with Gasteiger partial charge in [-0.25, -0.2) is 0 Å². The molecule has 1 aromatic carbocycles. The van der Waals surface area contributed by atoms with E-state index in [2.05, 4.69) is 85.0 Å². The number of hydrogen-bond donors (Lipinski definition) is 0. The maximum absolute atomic E-state index is 6.38. The highest BCUT2D eigenvalue weighted by Gasteiger charge is 2.55. The van der Waals surface area contributed by atoms with Gasteiger partial charge in [0, 0.05) is 0 Å². The fourth-order valence-electron chi connectivity index (χ4n) is 7.45. The first kappa shape index (κ1) is 22.1. The number of ether oxygens (including phenoxy) is 2. The van der Waals surface area contributed by atoms with E-state index in [0.717, 1.165) is 60.2 Å². The predicted octanol–water partition coefficient (Wildman–Crippen LogP) is 7.80. The zero-order valence-electron chi connectivity index (χ0n) is 18.8. The van der Waals surface area contributed by atoms with E-state index in [1.807, 2.05) is 0 Å². The van der Waals surface area contributed by atoms with Gasteiger partial charge >= 0.3 is 0 Å². The summed E-state index contributed by atoms with van der Waals surface area (Å²) >= 11 is 4.84. The van der Waals surface area contributed by atoms with E-state index in [-0.39, 0.29) is 0 Å². The smallest absolute Gasteiger partial charge is 0.133 e. The van der Waals surface area contributed by atoms with E-state index in [1.165, 1.54) is 45.7 Å². The van der Waals surface area contributed by atoms with Gasteiger partial charge in [-0.2, -0.15) is 0 Å². The largest absolute Gasteiger partial charge is 0.492 e. The summed E-state index contributed by atoms with van der Waals surface area (Å²) in [5.74, 6) is 7.11. The van der Waals surface area contributed by atoms with Crippen LogP contribution in [0.1, 0.15) is 66.2 Å². The minimum absolute atomic E-state index is 0.527. The Balaban J connectivity index is 1.19. The third-order valence-electron chi connectivity index (χ3n) is 9.89. The van der Waals surface area contributed by atoms with Gasteiger partial charge in [-0.15, -0.1) is 0 Å². The molecule has 6 saturated carbocycles. The Bertz CT molecular complexity index is 746. The summed E-state index contributed by atoms with van der Waals surface area (Å²) in [6.45, 7) is 11.6. The highest BCUT2D eigenvalue weighted by Crippen LogP contribution is 2.62. The second kappa shape index (κ2) is 7.95. The molecule has 6 aliphatic rings. The van der Waals surface area contributed by atoms with Gasteiger partial charge in [0.2, 0.25) is 0 Å². The Labute approximate surface area is 209 Å². The van der Waals surface area contributed by atoms with Gasteiger partial charge in [0.15, 0.2) is 0 Å². The van der Waals surface area contributed by atoms with Crippen LogP contribution in [-0.2, 0) is 0 Å². The molecule has 0 radical (unpaired) electrons. The van der Waals surface area contributed by atoms with E-state index >= 15 is 0 Å². The summed E-state index contributed by atoms with van der Waals surface area (Å²) in [7, 11) is 0. The van der Waals surface area contributed by atoms with E-state index in [4.69, 9.17) is 9.47 Å². The molecule has 6 atom stereocenters. The molecular formula is C26H36I2O2. The summed E-state index contributed by atoms with van der Waals surface area (Å²) in [6, 6.07) is 4.39. The van der Waals surface area contributed by atoms with Gasteiger partial charge in [-0.3, -0.25) is 0 Å². The van der Waals surface area contributed by atoms with E-state index in [9.17, 15) is 0 Å². The highest BCUT2D eigenvalue weighted by molar-refractivity contribution is 14.1. The molecule has 2 nitrogen and oxygen atoms in total. The molecule has 0 aliphatic heterocycles. The van der Waals surface area contributed by atoms with Crippen LogP contribution in [-0.4, -0.2) is 13.2 Å². The van der Waals surface area contributed by atoms with E-state index in [0.29, 0.717) is 10.8 Å². The van der Waals surface area contributed by atoms with Crippen molar-refractivity contribution in [3.8, 4) is 11.5 Å². The molecule has 166 valence electrons. The molecule has 6 fully saturated rings. The fourth-order valence-corrected chi connectivity index (χ4v) is 8.64. The Morgan fingerprint density at radius 3 is 1.47 bits per heavy atom. The van der Waals surface area contributed by atoms with Crippen LogP contribution in [0.5, 0.6) is 11.5 Å². The first-order chi connectivity index (χ1) is 14.2. The summed E-state index contributed by atoms with van der Waals surface area (Å²) in [4.78, 5) is 0. The Morgan fingerprint density at radius 2 is 1.13 bits per heavy atom. The second-order valence-electron chi connectivity index (χ2n) is 11.7. The van der Waals surface area contributed by atoms with Crippen molar-refractivity contribution in [1.82, 2.24) is 0 Å². The molecule has 30 heavy (non-hydrogen) atoms. The zero-order valence-corrected chi connectivity index (χ0v) is 23.2. The maximum Gasteiger partial charge on any atom is 0.133 e. The van der Waals surface area contributed by atoms with Crippen molar-refractivity contribution in [3.05, 3.63) is 19.3 Å². The first-order valence-electron chi connectivity index (χ1n) is 11.9. The lowest BCUT2D eigenvalue weighted by atomic mass is 9.46. The number of halogens is 2. The fraction of sp³-hybridized carbons (Fsp3) is 0.769. The van der Waals surface area contributed by atoms with Crippen LogP contribution in [0.4, 0.5) is 0 Å². The minimum atomic E-state index is 0.527. The Hall–Kier alpha value is 0.280. The summed E-state index contributed by atoms with van der Waals surface area (Å²) in [6.07, 6.45) is 8.29. The van der Waals surface area contributed by atoms with Crippen molar-refractivity contribution in [1.29, 1.82) is 0 Å². The van der Waals surface area contributed by atoms with Crippen molar-refractivity contribution in [2.45, 2.75) is 66.2 Å². The van der Waals surface area contributed by atoms with Gasteiger partial charge in [-0.05, 0) is 142 Å². The predicted molar refractivity (Wildman–Crippen MR) is 139 cm³/mol. The Morgan fingerprint density at radius 1 is 0.733 bits per heavy atom. The molecule has 0 heterocycles. The van der Waals surface area contributed by atoms with Crippen molar-refractivity contribution in [3.63, 3.8) is 0 Å². The molecule has 0 saturated heterocycles. The molecule has 0 spiro atoms. The number of benzene rings is 1. The van der Waals surface area contributed by atoms with Crippen LogP contribution < -0.4 is 9.47 Å². The molecule has 7 rings (SSSR count). The van der Waals surface area contributed by atoms with Crippen molar-refractivity contribution in [2.24, 2.45) is 46.3 Å². The van der Waals surface area contributed by atoms with Crippen LogP contribution in [0.15, 0.2) is 12.1 Å². The summed E-state index contributed by atoms with van der Waals surface area (Å²) < 4.78 is 15.1. The van der Waals surface area contributed by atoms with Crippen LogP contribution >= 0.6 is 45.2 Å². The van der Waals surface area contributed by atoms with Crippen molar-refractivity contribution >= 4 is 45.2 Å². The average molecular weight is 634 g/mol. The van der Waals surface area contributed by atoms with Crippen molar-refractivity contribution < 1.29 is 9.47 Å². The molecular weight excluding hydrogens is 598 g/mol. The number of fused-ring (bicyclic) bond motifs is 4. The van der Waals surface area contributed by atoms with Gasteiger partial charge in [0.25, 0.3) is 0 Å². The van der Waals surface area contributed by atoms with E-state index < -0.39 is 0 Å². The third kappa shape index (κ3) is 3.62. The lowest BCUT2D eigenvalue weighted by Gasteiger charge is -2.60. The van der Waals surface area contributed by atoms with Crippen LogP contribution in [0.2, 0.25) is 0 Å². The SMILES string of the molecule is CC1(C)[C@H]2CC[C@@H](COc3cc(I)c(OC[C@@H]4CC[C@H]5C[C@@H]4C5(C)C)cc3I)[C@@H]1C2. The number of rotatable bonds is 6. The highest BCUT2D eigenvalue weighted by atomic mass is 127. The van der Waals surface area contributed by atoms with Gasteiger partial charge in [0.05, 0.1) is 20.4 Å². The normalized spacial score (nSPS) is 37.7. The van der Waals surface area contributed by atoms with Crippen LogP contribution in [0, 0.1) is 53.5 Å². The third-order valence-corrected chi connectivity index (χ3v) is 11.6. The van der Waals surface area contributed by atoms with Gasteiger partial charge < -0.3 is 9.47 Å². The zero-order chi connectivity index (χ0) is 21.3. The molecule has 0 aromatic heterocycles. The molecule has 4 heteroatoms. The monoisotopic (exact) mass is 634 g/mol. The average Bonchev–Trinajstić information content (AvgIpc) is 2.72. The van der Waals surface area contributed by atoms with Crippen molar-refractivity contribution in [2.75, 3.05) is 13.2 Å². The van der Waals surface area contributed by atoms with Gasteiger partial charge in [-0.1, -0.05) is 27.7 Å². The minimum Gasteiger partial charge on any atom is -0.492 e. The lowest BCUT2D eigenvalue weighted by molar-refractivity contribution is -0.114. The molecule has 1 aromatic rings. The maximum atomic E-state index is 6.38. The quantitative estimate of drug-likeness (QED) is 0.298.